The van der Waals surface area contributed by atoms with E-state index in [1.807, 2.05) is 6.92 Å². The van der Waals surface area contributed by atoms with E-state index in [1.165, 1.54) is 19.3 Å². The lowest BCUT2D eigenvalue weighted by molar-refractivity contribution is 0.192. The number of thioether (sulfide) groups is 1. The van der Waals surface area contributed by atoms with Crippen molar-refractivity contribution in [1.82, 2.24) is 14.8 Å². The van der Waals surface area contributed by atoms with Crippen LogP contribution in [0.4, 0.5) is 0 Å². The molecule has 1 unspecified atom stereocenters. The summed E-state index contributed by atoms with van der Waals surface area (Å²) in [6.07, 6.45) is 5.41. The highest BCUT2D eigenvalue weighted by Crippen LogP contribution is 2.22. The zero-order valence-electron chi connectivity index (χ0n) is 9.72. The first kappa shape index (κ1) is 11.9. The van der Waals surface area contributed by atoms with Crippen LogP contribution in [0.1, 0.15) is 38.4 Å². The molecule has 0 fully saturated rings. The third kappa shape index (κ3) is 2.98. The Morgan fingerprint density at radius 1 is 1.38 bits per heavy atom. The summed E-state index contributed by atoms with van der Waals surface area (Å²) in [4.78, 5) is 0. The van der Waals surface area contributed by atoms with Gasteiger partial charge in [-0.25, -0.2) is 0 Å². The van der Waals surface area contributed by atoms with E-state index in [0.29, 0.717) is 0 Å². The number of aromatic nitrogens is 3. The first-order valence-corrected chi connectivity index (χ1v) is 6.99. The molecule has 2 heterocycles. The fourth-order valence-corrected chi connectivity index (χ4v) is 2.98. The highest BCUT2D eigenvalue weighted by molar-refractivity contribution is 7.99. The first-order chi connectivity index (χ1) is 7.77. The molecule has 0 spiro atoms. The van der Waals surface area contributed by atoms with Crippen molar-refractivity contribution in [2.45, 2.75) is 56.8 Å². The summed E-state index contributed by atoms with van der Waals surface area (Å²) >= 11 is 1.71. The second-order valence-electron chi connectivity index (χ2n) is 4.35. The van der Waals surface area contributed by atoms with Crippen LogP contribution in [0, 0.1) is 0 Å². The van der Waals surface area contributed by atoms with E-state index >= 15 is 0 Å². The maximum atomic E-state index is 9.21. The Hall–Kier alpha value is -0.550. The molecule has 0 amide bonds. The molecule has 90 valence electrons. The summed E-state index contributed by atoms with van der Waals surface area (Å²) in [7, 11) is 0. The minimum absolute atomic E-state index is 0.223. The van der Waals surface area contributed by atoms with Gasteiger partial charge < -0.3 is 9.67 Å². The standard InChI is InChI=1S/C11H19N3OS/c1-9(15)6-8-16-11-13-12-10-5-3-2-4-7-14(10)11/h9,15H,2-8H2,1H3. The van der Waals surface area contributed by atoms with Crippen LogP contribution >= 0.6 is 11.8 Å². The molecule has 1 aliphatic rings. The minimum Gasteiger partial charge on any atom is -0.393 e. The number of hydrogen-bond donors (Lipinski definition) is 1. The molecule has 0 saturated heterocycles. The summed E-state index contributed by atoms with van der Waals surface area (Å²) in [6, 6.07) is 0. The molecule has 0 aliphatic carbocycles. The van der Waals surface area contributed by atoms with Crippen LogP contribution < -0.4 is 0 Å². The van der Waals surface area contributed by atoms with Gasteiger partial charge in [0.05, 0.1) is 6.10 Å². The van der Waals surface area contributed by atoms with Gasteiger partial charge >= 0.3 is 0 Å². The average Bonchev–Trinajstić information content (AvgIpc) is 2.49. The molecular weight excluding hydrogens is 222 g/mol. The molecule has 1 aromatic heterocycles. The zero-order chi connectivity index (χ0) is 11.4. The van der Waals surface area contributed by atoms with Crippen molar-refractivity contribution >= 4 is 11.8 Å². The maximum Gasteiger partial charge on any atom is 0.191 e. The monoisotopic (exact) mass is 241 g/mol. The van der Waals surface area contributed by atoms with Gasteiger partial charge in [-0.05, 0) is 26.2 Å². The summed E-state index contributed by atoms with van der Waals surface area (Å²) in [5.41, 5.74) is 0. The van der Waals surface area contributed by atoms with Crippen molar-refractivity contribution in [3.05, 3.63) is 5.82 Å². The predicted molar refractivity (Wildman–Crippen MR) is 64.6 cm³/mol. The largest absolute Gasteiger partial charge is 0.393 e. The third-order valence-corrected chi connectivity index (χ3v) is 3.84. The highest BCUT2D eigenvalue weighted by Gasteiger charge is 2.14. The van der Waals surface area contributed by atoms with Crippen molar-refractivity contribution in [3.63, 3.8) is 0 Å². The fraction of sp³-hybridized carbons (Fsp3) is 0.818. The molecule has 1 aromatic rings. The Labute approximate surface area is 100 Å². The number of hydrogen-bond acceptors (Lipinski definition) is 4. The molecule has 5 heteroatoms. The van der Waals surface area contributed by atoms with Crippen LogP contribution in [-0.4, -0.2) is 31.7 Å². The van der Waals surface area contributed by atoms with Gasteiger partial charge in [0.15, 0.2) is 5.16 Å². The van der Waals surface area contributed by atoms with E-state index < -0.39 is 0 Å². The molecule has 1 atom stereocenters. The Kier molecular flexibility index (Phi) is 4.23. The Balaban J connectivity index is 1.96. The molecule has 0 saturated carbocycles. The molecule has 4 nitrogen and oxygen atoms in total. The molecule has 1 aliphatic heterocycles. The SMILES string of the molecule is CC(O)CCSc1nnc2n1CCCCC2. The lowest BCUT2D eigenvalue weighted by atomic mass is 10.2. The van der Waals surface area contributed by atoms with E-state index in [9.17, 15) is 5.11 Å². The summed E-state index contributed by atoms with van der Waals surface area (Å²) in [6.45, 7) is 2.88. The van der Waals surface area contributed by atoms with Crippen LogP contribution in [0.2, 0.25) is 0 Å². The van der Waals surface area contributed by atoms with Crippen molar-refractivity contribution in [1.29, 1.82) is 0 Å². The van der Waals surface area contributed by atoms with E-state index in [0.717, 1.165) is 36.1 Å². The van der Waals surface area contributed by atoms with Crippen LogP contribution in [0.15, 0.2) is 5.16 Å². The second-order valence-corrected chi connectivity index (χ2v) is 5.41. The van der Waals surface area contributed by atoms with Gasteiger partial charge in [-0.3, -0.25) is 0 Å². The maximum absolute atomic E-state index is 9.21. The molecule has 16 heavy (non-hydrogen) atoms. The van der Waals surface area contributed by atoms with Crippen molar-refractivity contribution in [2.75, 3.05) is 5.75 Å². The average molecular weight is 241 g/mol. The lowest BCUT2D eigenvalue weighted by Crippen LogP contribution is -2.04. The summed E-state index contributed by atoms with van der Waals surface area (Å²) < 4.78 is 2.25. The van der Waals surface area contributed by atoms with Gasteiger partial charge in [-0.1, -0.05) is 18.2 Å². The lowest BCUT2D eigenvalue weighted by Gasteiger charge is -2.06. The predicted octanol–water partition coefficient (Wildman–Crippen LogP) is 1.87. The van der Waals surface area contributed by atoms with Gasteiger partial charge in [0.2, 0.25) is 0 Å². The molecule has 0 radical (unpaired) electrons. The van der Waals surface area contributed by atoms with Crippen LogP contribution in [0.5, 0.6) is 0 Å². The van der Waals surface area contributed by atoms with E-state index in [4.69, 9.17) is 0 Å². The Morgan fingerprint density at radius 3 is 3.06 bits per heavy atom. The first-order valence-electron chi connectivity index (χ1n) is 6.00. The smallest absolute Gasteiger partial charge is 0.191 e. The Bertz CT molecular complexity index is 338. The van der Waals surface area contributed by atoms with Gasteiger partial charge in [0.1, 0.15) is 5.82 Å². The minimum atomic E-state index is -0.223. The quantitative estimate of drug-likeness (QED) is 0.818. The normalized spacial score (nSPS) is 17.9. The van der Waals surface area contributed by atoms with E-state index in [1.54, 1.807) is 11.8 Å². The number of nitrogens with zero attached hydrogens (tertiary/aromatic N) is 3. The number of aliphatic hydroxyl groups is 1. The van der Waals surface area contributed by atoms with Crippen LogP contribution in [-0.2, 0) is 13.0 Å². The number of rotatable bonds is 4. The van der Waals surface area contributed by atoms with E-state index in [-0.39, 0.29) is 6.10 Å². The number of aliphatic hydroxyl groups excluding tert-OH is 1. The van der Waals surface area contributed by atoms with E-state index in [2.05, 4.69) is 14.8 Å². The van der Waals surface area contributed by atoms with Crippen molar-refractivity contribution in [3.8, 4) is 0 Å². The fourth-order valence-electron chi connectivity index (χ4n) is 1.89. The van der Waals surface area contributed by atoms with Gasteiger partial charge in [0.25, 0.3) is 0 Å². The number of aryl methyl sites for hydroxylation is 1. The van der Waals surface area contributed by atoms with Crippen LogP contribution in [0.25, 0.3) is 0 Å². The topological polar surface area (TPSA) is 50.9 Å². The molecule has 0 bridgehead atoms. The van der Waals surface area contributed by atoms with Crippen LogP contribution in [0.3, 0.4) is 0 Å². The van der Waals surface area contributed by atoms with Crippen molar-refractivity contribution < 1.29 is 5.11 Å². The summed E-state index contributed by atoms with van der Waals surface area (Å²) in [5, 5.41) is 18.7. The highest BCUT2D eigenvalue weighted by atomic mass is 32.2. The molecular formula is C11H19N3OS. The molecule has 2 rings (SSSR count). The van der Waals surface area contributed by atoms with Crippen molar-refractivity contribution in [2.24, 2.45) is 0 Å². The van der Waals surface area contributed by atoms with Gasteiger partial charge in [0, 0.05) is 18.7 Å². The Morgan fingerprint density at radius 2 is 2.25 bits per heavy atom. The van der Waals surface area contributed by atoms with Gasteiger partial charge in [-0.2, -0.15) is 0 Å². The van der Waals surface area contributed by atoms with Gasteiger partial charge in [-0.15, -0.1) is 10.2 Å². The molecule has 0 aromatic carbocycles. The number of fused-ring (bicyclic) bond motifs is 1. The summed E-state index contributed by atoms with van der Waals surface area (Å²) in [5.74, 6) is 2.05. The molecule has 1 N–H and O–H groups in total. The second kappa shape index (κ2) is 5.68. The zero-order valence-corrected chi connectivity index (χ0v) is 10.5. The third-order valence-electron chi connectivity index (χ3n) is 2.84.